The predicted octanol–water partition coefficient (Wildman–Crippen LogP) is 2.90. The zero-order chi connectivity index (χ0) is 15.1. The minimum absolute atomic E-state index is 0.0681. The highest BCUT2D eigenvalue weighted by atomic mass is 16.5. The molecule has 108 valence electrons. The van der Waals surface area contributed by atoms with Crippen molar-refractivity contribution in [3.8, 4) is 5.75 Å². The largest absolute Gasteiger partial charge is 0.484 e. The molecule has 0 atom stereocenters. The van der Waals surface area contributed by atoms with Gasteiger partial charge < -0.3 is 15.3 Å². The highest BCUT2D eigenvalue weighted by Crippen LogP contribution is 2.13. The minimum Gasteiger partial charge on any atom is -0.484 e. The topological polar surface area (TPSA) is 70.9 Å². The summed E-state index contributed by atoms with van der Waals surface area (Å²) in [6.07, 6.45) is 0. The number of nitrogens with zero attached hydrogens (tertiary/aromatic N) is 1. The second kappa shape index (κ2) is 7.09. The first-order valence-electron chi connectivity index (χ1n) is 6.46. The van der Waals surface area contributed by atoms with E-state index in [9.17, 15) is 4.79 Å². The van der Waals surface area contributed by atoms with Crippen molar-refractivity contribution in [2.24, 2.45) is 5.16 Å². The normalized spacial score (nSPS) is 11.0. The Morgan fingerprint density at radius 3 is 2.43 bits per heavy atom. The van der Waals surface area contributed by atoms with Crippen LogP contribution >= 0.6 is 0 Å². The molecule has 2 aromatic carbocycles. The lowest BCUT2D eigenvalue weighted by Gasteiger charge is -2.08. The van der Waals surface area contributed by atoms with Crippen LogP contribution in [0, 0.1) is 0 Å². The summed E-state index contributed by atoms with van der Waals surface area (Å²) in [5.74, 6) is 0.353. The van der Waals surface area contributed by atoms with Crippen molar-refractivity contribution >= 4 is 17.3 Å². The molecule has 1 amide bonds. The van der Waals surface area contributed by atoms with Crippen LogP contribution in [0.25, 0.3) is 0 Å². The third kappa shape index (κ3) is 4.35. The van der Waals surface area contributed by atoms with Gasteiger partial charge in [-0.15, -0.1) is 0 Å². The molecule has 0 fully saturated rings. The Balaban J connectivity index is 1.87. The molecule has 2 rings (SSSR count). The van der Waals surface area contributed by atoms with Crippen molar-refractivity contribution in [1.82, 2.24) is 0 Å². The van der Waals surface area contributed by atoms with Crippen LogP contribution in [0.5, 0.6) is 5.75 Å². The van der Waals surface area contributed by atoms with Crippen LogP contribution in [0.2, 0.25) is 0 Å². The van der Waals surface area contributed by atoms with Gasteiger partial charge in [0, 0.05) is 5.69 Å². The number of amides is 1. The highest BCUT2D eigenvalue weighted by molar-refractivity contribution is 5.98. The van der Waals surface area contributed by atoms with Gasteiger partial charge in [0.2, 0.25) is 0 Å². The predicted molar refractivity (Wildman–Crippen MR) is 81.0 cm³/mol. The van der Waals surface area contributed by atoms with E-state index in [0.717, 1.165) is 11.3 Å². The molecule has 0 aliphatic rings. The Hall–Kier alpha value is -2.82. The van der Waals surface area contributed by atoms with E-state index in [1.807, 2.05) is 30.3 Å². The molecule has 0 unspecified atom stereocenters. The number of oxime groups is 1. The standard InChI is InChI=1S/C16H16N2O3/c1-12(18-20)13-7-9-15(10-8-13)21-11-16(19)17-14-5-3-2-4-6-14/h2-10,20H,11H2,1H3,(H,17,19)/b18-12-. The Kier molecular flexibility index (Phi) is 4.93. The number of ether oxygens (including phenoxy) is 1. The first-order valence-corrected chi connectivity index (χ1v) is 6.46. The summed E-state index contributed by atoms with van der Waals surface area (Å²) in [5, 5.41) is 14.5. The molecule has 0 saturated heterocycles. The molecule has 0 saturated carbocycles. The Labute approximate surface area is 122 Å². The Bertz CT molecular complexity index is 622. The SMILES string of the molecule is C/C(=N/O)c1ccc(OCC(=O)Nc2ccccc2)cc1. The second-order valence-corrected chi connectivity index (χ2v) is 4.41. The van der Waals surface area contributed by atoms with Crippen LogP contribution < -0.4 is 10.1 Å². The zero-order valence-electron chi connectivity index (χ0n) is 11.6. The lowest BCUT2D eigenvalue weighted by molar-refractivity contribution is -0.118. The molecule has 0 aliphatic carbocycles. The summed E-state index contributed by atoms with van der Waals surface area (Å²) in [7, 11) is 0. The molecule has 5 heteroatoms. The number of benzene rings is 2. The van der Waals surface area contributed by atoms with Crippen LogP contribution in [0.4, 0.5) is 5.69 Å². The number of carbonyl (C=O) groups is 1. The molecule has 0 radical (unpaired) electrons. The molecular weight excluding hydrogens is 268 g/mol. The summed E-state index contributed by atoms with van der Waals surface area (Å²) in [5.41, 5.74) is 2.04. The zero-order valence-corrected chi connectivity index (χ0v) is 11.6. The van der Waals surface area contributed by atoms with E-state index in [0.29, 0.717) is 11.5 Å². The number of carbonyl (C=O) groups excluding carboxylic acids is 1. The summed E-state index contributed by atoms with van der Waals surface area (Å²) in [6.45, 7) is 1.63. The molecule has 2 aromatic rings. The van der Waals surface area contributed by atoms with Gasteiger partial charge in [-0.1, -0.05) is 23.4 Å². The summed E-state index contributed by atoms with van der Waals surface area (Å²) in [6, 6.07) is 16.2. The van der Waals surface area contributed by atoms with E-state index in [4.69, 9.17) is 9.94 Å². The van der Waals surface area contributed by atoms with Gasteiger partial charge >= 0.3 is 0 Å². The lowest BCUT2D eigenvalue weighted by atomic mass is 10.1. The quantitative estimate of drug-likeness (QED) is 0.504. The van der Waals surface area contributed by atoms with Crippen molar-refractivity contribution < 1.29 is 14.7 Å². The summed E-state index contributed by atoms with van der Waals surface area (Å²) < 4.78 is 5.39. The maximum absolute atomic E-state index is 11.7. The van der Waals surface area contributed by atoms with E-state index in [2.05, 4.69) is 10.5 Å². The number of hydrogen-bond acceptors (Lipinski definition) is 4. The monoisotopic (exact) mass is 284 g/mol. The minimum atomic E-state index is -0.224. The van der Waals surface area contributed by atoms with Gasteiger partial charge in [-0.3, -0.25) is 4.79 Å². The fraction of sp³-hybridized carbons (Fsp3) is 0.125. The number of para-hydroxylation sites is 1. The molecule has 0 heterocycles. The maximum Gasteiger partial charge on any atom is 0.262 e. The van der Waals surface area contributed by atoms with Crippen molar-refractivity contribution in [1.29, 1.82) is 0 Å². The van der Waals surface area contributed by atoms with Crippen LogP contribution in [0.15, 0.2) is 59.8 Å². The first kappa shape index (κ1) is 14.6. The average molecular weight is 284 g/mol. The molecule has 0 aromatic heterocycles. The van der Waals surface area contributed by atoms with Gasteiger partial charge in [-0.05, 0) is 48.9 Å². The van der Waals surface area contributed by atoms with Crippen LogP contribution in [-0.2, 0) is 4.79 Å². The third-order valence-corrected chi connectivity index (χ3v) is 2.85. The van der Waals surface area contributed by atoms with Gasteiger partial charge in [0.25, 0.3) is 5.91 Å². The van der Waals surface area contributed by atoms with Crippen LogP contribution in [0.3, 0.4) is 0 Å². The molecule has 0 bridgehead atoms. The van der Waals surface area contributed by atoms with Gasteiger partial charge in [0.1, 0.15) is 5.75 Å². The van der Waals surface area contributed by atoms with Crippen LogP contribution in [0.1, 0.15) is 12.5 Å². The lowest BCUT2D eigenvalue weighted by Crippen LogP contribution is -2.20. The average Bonchev–Trinajstić information content (AvgIpc) is 2.53. The highest BCUT2D eigenvalue weighted by Gasteiger charge is 2.04. The Morgan fingerprint density at radius 2 is 1.81 bits per heavy atom. The number of rotatable bonds is 5. The van der Waals surface area contributed by atoms with Crippen molar-refractivity contribution in [2.45, 2.75) is 6.92 Å². The number of nitrogens with one attached hydrogen (secondary N) is 1. The van der Waals surface area contributed by atoms with E-state index in [1.54, 1.807) is 31.2 Å². The summed E-state index contributed by atoms with van der Waals surface area (Å²) >= 11 is 0. The molecular formula is C16H16N2O3. The smallest absolute Gasteiger partial charge is 0.262 e. The van der Waals surface area contributed by atoms with E-state index >= 15 is 0 Å². The van der Waals surface area contributed by atoms with E-state index < -0.39 is 0 Å². The Morgan fingerprint density at radius 1 is 1.14 bits per heavy atom. The van der Waals surface area contributed by atoms with Crippen molar-refractivity contribution in [3.05, 3.63) is 60.2 Å². The summed E-state index contributed by atoms with van der Waals surface area (Å²) in [4.78, 5) is 11.7. The van der Waals surface area contributed by atoms with Gasteiger partial charge in [-0.25, -0.2) is 0 Å². The first-order chi connectivity index (χ1) is 10.2. The van der Waals surface area contributed by atoms with Gasteiger partial charge in [0.05, 0.1) is 5.71 Å². The molecule has 5 nitrogen and oxygen atoms in total. The van der Waals surface area contributed by atoms with E-state index in [-0.39, 0.29) is 12.5 Å². The van der Waals surface area contributed by atoms with Gasteiger partial charge in [0.15, 0.2) is 6.61 Å². The third-order valence-electron chi connectivity index (χ3n) is 2.85. The molecule has 21 heavy (non-hydrogen) atoms. The number of hydrogen-bond donors (Lipinski definition) is 2. The molecule has 0 spiro atoms. The van der Waals surface area contributed by atoms with Crippen molar-refractivity contribution in [2.75, 3.05) is 11.9 Å². The second-order valence-electron chi connectivity index (χ2n) is 4.41. The molecule has 0 aliphatic heterocycles. The number of anilines is 1. The molecule has 2 N–H and O–H groups in total. The van der Waals surface area contributed by atoms with E-state index in [1.165, 1.54) is 0 Å². The van der Waals surface area contributed by atoms with Gasteiger partial charge in [-0.2, -0.15) is 0 Å². The fourth-order valence-corrected chi connectivity index (χ4v) is 1.72. The van der Waals surface area contributed by atoms with Crippen LogP contribution in [-0.4, -0.2) is 23.4 Å². The fourth-order valence-electron chi connectivity index (χ4n) is 1.72. The maximum atomic E-state index is 11.7. The van der Waals surface area contributed by atoms with Crippen molar-refractivity contribution in [3.63, 3.8) is 0 Å².